The standard InChI is InChI=1S/C13H22FNO2/c1-2-9-15-13(16)17-12-7-3-5-11(10-14)6-4-8-12/h3,7,11-12H,2,4-6,8-10H2,1H3,(H,15,16)/i14-1. The lowest BCUT2D eigenvalue weighted by Gasteiger charge is -2.19. The van der Waals surface area contributed by atoms with Crippen LogP contribution in [0.1, 0.15) is 39.0 Å². The van der Waals surface area contributed by atoms with Gasteiger partial charge in [0, 0.05) is 6.54 Å². The van der Waals surface area contributed by atoms with E-state index in [4.69, 9.17) is 4.74 Å². The number of amides is 1. The van der Waals surface area contributed by atoms with Crippen LogP contribution in [0.4, 0.5) is 9.18 Å². The van der Waals surface area contributed by atoms with E-state index in [0.717, 1.165) is 32.1 Å². The van der Waals surface area contributed by atoms with Gasteiger partial charge in [-0.1, -0.05) is 13.0 Å². The lowest BCUT2D eigenvalue weighted by Crippen LogP contribution is -2.29. The summed E-state index contributed by atoms with van der Waals surface area (Å²) in [7, 11) is 0. The highest BCUT2D eigenvalue weighted by atomic mass is 18.2. The molecule has 0 aliphatic heterocycles. The van der Waals surface area contributed by atoms with Crippen LogP contribution in [-0.4, -0.2) is 25.4 Å². The Labute approximate surface area is 102 Å². The molecular weight excluding hydrogens is 220 g/mol. The maximum Gasteiger partial charge on any atom is 0.407 e. The summed E-state index contributed by atoms with van der Waals surface area (Å²) in [5.41, 5.74) is 0. The van der Waals surface area contributed by atoms with Crippen LogP contribution < -0.4 is 5.32 Å². The van der Waals surface area contributed by atoms with Crippen molar-refractivity contribution in [2.24, 2.45) is 5.92 Å². The summed E-state index contributed by atoms with van der Waals surface area (Å²) in [6.07, 6.45) is 7.50. The Kier molecular flexibility index (Phi) is 6.67. The Hall–Kier alpha value is -1.06. The first kappa shape index (κ1) is 14.0. The molecule has 0 radical (unpaired) electrons. The van der Waals surface area contributed by atoms with Crippen molar-refractivity contribution in [3.05, 3.63) is 12.2 Å². The smallest absolute Gasteiger partial charge is 0.407 e. The second-order valence-corrected chi connectivity index (χ2v) is 4.49. The van der Waals surface area contributed by atoms with Crippen molar-refractivity contribution < 1.29 is 13.9 Å². The molecule has 3 nitrogen and oxygen atoms in total. The lowest BCUT2D eigenvalue weighted by molar-refractivity contribution is 0.112. The summed E-state index contributed by atoms with van der Waals surface area (Å²) < 4.78 is 17.8. The van der Waals surface area contributed by atoms with Crippen molar-refractivity contribution in [1.29, 1.82) is 0 Å². The fraction of sp³-hybridized carbons (Fsp3) is 0.769. The molecule has 0 fully saturated rings. The molecule has 1 aliphatic rings. The van der Waals surface area contributed by atoms with Crippen molar-refractivity contribution in [2.75, 3.05) is 13.2 Å². The van der Waals surface area contributed by atoms with Gasteiger partial charge in [0.15, 0.2) is 0 Å². The number of halogens is 1. The van der Waals surface area contributed by atoms with Gasteiger partial charge in [0.05, 0.1) is 6.67 Å². The van der Waals surface area contributed by atoms with Crippen LogP contribution in [0.15, 0.2) is 12.2 Å². The average molecular weight is 242 g/mol. The summed E-state index contributed by atoms with van der Waals surface area (Å²) in [5, 5.41) is 2.68. The van der Waals surface area contributed by atoms with E-state index in [2.05, 4.69) is 5.32 Å². The minimum absolute atomic E-state index is 0.140. The molecule has 0 spiro atoms. The summed E-state index contributed by atoms with van der Waals surface area (Å²) in [5.74, 6) is 0.140. The van der Waals surface area contributed by atoms with Gasteiger partial charge in [-0.2, -0.15) is 0 Å². The van der Waals surface area contributed by atoms with Crippen molar-refractivity contribution >= 4 is 6.09 Å². The molecular formula is C13H22FNO2. The van der Waals surface area contributed by atoms with Crippen LogP contribution in [0.25, 0.3) is 0 Å². The van der Waals surface area contributed by atoms with Crippen molar-refractivity contribution in [3.63, 3.8) is 0 Å². The van der Waals surface area contributed by atoms with Crippen LogP contribution in [-0.2, 0) is 4.74 Å². The topological polar surface area (TPSA) is 38.3 Å². The molecule has 0 aromatic heterocycles. The molecule has 0 heterocycles. The molecule has 0 saturated carbocycles. The number of allylic oxidation sites excluding steroid dienone is 1. The zero-order chi connectivity index (χ0) is 12.5. The van der Waals surface area contributed by atoms with E-state index >= 15 is 0 Å². The van der Waals surface area contributed by atoms with Crippen LogP contribution in [0, 0.1) is 5.92 Å². The van der Waals surface area contributed by atoms with Gasteiger partial charge >= 0.3 is 6.09 Å². The second kappa shape index (κ2) is 8.09. The van der Waals surface area contributed by atoms with Gasteiger partial charge in [-0.25, -0.2) is 4.79 Å². The molecule has 2 unspecified atom stereocenters. The van der Waals surface area contributed by atoms with E-state index in [1.807, 2.05) is 19.1 Å². The van der Waals surface area contributed by atoms with E-state index in [9.17, 15) is 9.18 Å². The van der Waals surface area contributed by atoms with Gasteiger partial charge in [-0.3, -0.25) is 4.39 Å². The zero-order valence-electron chi connectivity index (χ0n) is 10.5. The first-order valence-corrected chi connectivity index (χ1v) is 6.43. The quantitative estimate of drug-likeness (QED) is 0.769. The molecule has 0 aromatic rings. The number of ether oxygens (including phenoxy) is 1. The molecule has 0 bridgehead atoms. The minimum atomic E-state index is -0.357. The summed E-state index contributed by atoms with van der Waals surface area (Å²) in [6.45, 7) is 2.37. The van der Waals surface area contributed by atoms with Crippen LogP contribution in [0.3, 0.4) is 0 Å². The third kappa shape index (κ3) is 5.71. The SMILES string of the molecule is CCCNC(=O)OC1C=CCC(C[18F])CCC1. The zero-order valence-corrected chi connectivity index (χ0v) is 10.5. The minimum Gasteiger partial charge on any atom is -0.442 e. The fourth-order valence-corrected chi connectivity index (χ4v) is 1.89. The van der Waals surface area contributed by atoms with E-state index in [1.54, 1.807) is 0 Å². The molecule has 17 heavy (non-hydrogen) atoms. The van der Waals surface area contributed by atoms with E-state index < -0.39 is 0 Å². The maximum absolute atomic E-state index is 12.5. The first-order chi connectivity index (χ1) is 8.26. The molecule has 1 aliphatic carbocycles. The monoisotopic (exact) mass is 242 g/mol. The lowest BCUT2D eigenvalue weighted by atomic mass is 9.95. The van der Waals surface area contributed by atoms with Gasteiger partial charge in [0.25, 0.3) is 0 Å². The Morgan fingerprint density at radius 1 is 1.53 bits per heavy atom. The second-order valence-electron chi connectivity index (χ2n) is 4.49. The predicted molar refractivity (Wildman–Crippen MR) is 65.6 cm³/mol. The first-order valence-electron chi connectivity index (χ1n) is 6.43. The third-order valence-electron chi connectivity index (χ3n) is 2.92. The number of carbonyl (C=O) groups excluding carboxylic acids is 1. The predicted octanol–water partition coefficient (Wildman–Crippen LogP) is 3.21. The molecule has 4 heteroatoms. The van der Waals surface area contributed by atoms with Gasteiger partial charge in [-0.05, 0) is 44.1 Å². The average Bonchev–Trinajstić information content (AvgIpc) is 2.30. The van der Waals surface area contributed by atoms with Gasteiger partial charge < -0.3 is 10.1 Å². The van der Waals surface area contributed by atoms with Crippen LogP contribution in [0.2, 0.25) is 0 Å². The largest absolute Gasteiger partial charge is 0.442 e. The normalized spacial score (nSPS) is 24.8. The fourth-order valence-electron chi connectivity index (χ4n) is 1.89. The number of rotatable bonds is 4. The summed E-state index contributed by atoms with van der Waals surface area (Å²) in [4.78, 5) is 11.4. The van der Waals surface area contributed by atoms with Crippen molar-refractivity contribution in [3.8, 4) is 0 Å². The van der Waals surface area contributed by atoms with Gasteiger partial charge in [-0.15, -0.1) is 0 Å². The molecule has 0 aromatic carbocycles. The molecule has 1 N–H and O–H groups in total. The third-order valence-corrected chi connectivity index (χ3v) is 2.92. The molecule has 2 atom stereocenters. The Balaban J connectivity index is 2.33. The van der Waals surface area contributed by atoms with Gasteiger partial charge in [0.2, 0.25) is 0 Å². The van der Waals surface area contributed by atoms with Crippen LogP contribution >= 0.6 is 0 Å². The maximum atomic E-state index is 12.5. The molecule has 1 rings (SSSR count). The highest BCUT2D eigenvalue weighted by Crippen LogP contribution is 2.20. The molecule has 0 saturated heterocycles. The Bertz CT molecular complexity index is 256. The molecule has 98 valence electrons. The van der Waals surface area contributed by atoms with E-state index in [0.29, 0.717) is 6.54 Å². The number of nitrogens with one attached hydrogen (secondary N) is 1. The summed E-state index contributed by atoms with van der Waals surface area (Å²) >= 11 is 0. The summed E-state index contributed by atoms with van der Waals surface area (Å²) in [6, 6.07) is 0. The number of alkyl carbamates (subject to hydrolysis) is 1. The van der Waals surface area contributed by atoms with E-state index in [-0.39, 0.29) is 24.8 Å². The number of alkyl halides is 1. The Morgan fingerprint density at radius 2 is 2.35 bits per heavy atom. The van der Waals surface area contributed by atoms with Crippen LogP contribution in [0.5, 0.6) is 0 Å². The highest BCUT2D eigenvalue weighted by Gasteiger charge is 2.15. The molecule has 1 amide bonds. The van der Waals surface area contributed by atoms with Crippen molar-refractivity contribution in [1.82, 2.24) is 5.32 Å². The van der Waals surface area contributed by atoms with E-state index in [1.165, 1.54) is 0 Å². The highest BCUT2D eigenvalue weighted by molar-refractivity contribution is 5.67. The van der Waals surface area contributed by atoms with Gasteiger partial charge in [0.1, 0.15) is 6.10 Å². The number of carbonyl (C=O) groups is 1. The number of hydrogen-bond acceptors (Lipinski definition) is 2. The number of hydrogen-bond donors (Lipinski definition) is 1. The Morgan fingerprint density at radius 3 is 3.06 bits per heavy atom. The van der Waals surface area contributed by atoms with Crippen molar-refractivity contribution in [2.45, 2.75) is 45.1 Å².